The van der Waals surface area contributed by atoms with Gasteiger partial charge < -0.3 is 19.8 Å². The molecule has 1 rings (SSSR count). The number of methoxy groups -OCH3 is 1. The number of aromatic hydroxyl groups is 2. The van der Waals surface area contributed by atoms with E-state index in [1.807, 2.05) is 13.8 Å². The van der Waals surface area contributed by atoms with Crippen molar-refractivity contribution < 1.29 is 19.7 Å². The molecule has 0 radical (unpaired) electrons. The van der Waals surface area contributed by atoms with Gasteiger partial charge in [-0.15, -0.1) is 0 Å². The van der Waals surface area contributed by atoms with E-state index in [-0.39, 0.29) is 23.4 Å². The Morgan fingerprint density at radius 2 is 1.90 bits per heavy atom. The van der Waals surface area contributed by atoms with Crippen LogP contribution in [-0.4, -0.2) is 47.3 Å². The molecule has 0 saturated heterocycles. The third-order valence-corrected chi connectivity index (χ3v) is 3.40. The summed E-state index contributed by atoms with van der Waals surface area (Å²) in [4.78, 5) is 14.3. The lowest BCUT2D eigenvalue weighted by Gasteiger charge is -2.30. The molecule has 2 N–H and O–H groups in total. The molecule has 0 bridgehead atoms. The van der Waals surface area contributed by atoms with Crippen molar-refractivity contribution in [3.63, 3.8) is 0 Å². The summed E-state index contributed by atoms with van der Waals surface area (Å²) in [6.07, 6.45) is 1.71. The Bertz CT molecular complexity index is 443. The van der Waals surface area contributed by atoms with Gasteiger partial charge in [0.1, 0.15) is 0 Å². The van der Waals surface area contributed by atoms with Gasteiger partial charge in [-0.3, -0.25) is 4.79 Å². The summed E-state index contributed by atoms with van der Waals surface area (Å²) in [7, 11) is 1.60. The SMILES string of the molecule is CCC(CC)N(CCOC)C(=O)c1ccc(O)c(O)c1. The highest BCUT2D eigenvalue weighted by atomic mass is 16.5. The fourth-order valence-corrected chi connectivity index (χ4v) is 2.19. The molecule has 1 aromatic carbocycles. The van der Waals surface area contributed by atoms with Gasteiger partial charge in [-0.25, -0.2) is 0 Å². The van der Waals surface area contributed by atoms with Crippen LogP contribution in [-0.2, 0) is 4.74 Å². The minimum Gasteiger partial charge on any atom is -0.504 e. The number of nitrogens with zero attached hydrogens (tertiary/aromatic N) is 1. The number of carbonyl (C=O) groups excluding carboxylic acids is 1. The van der Waals surface area contributed by atoms with Crippen molar-refractivity contribution in [2.45, 2.75) is 32.7 Å². The van der Waals surface area contributed by atoms with Gasteiger partial charge in [0.25, 0.3) is 5.91 Å². The lowest BCUT2D eigenvalue weighted by Crippen LogP contribution is -2.41. The average Bonchev–Trinajstić information content (AvgIpc) is 2.45. The van der Waals surface area contributed by atoms with E-state index in [0.717, 1.165) is 12.8 Å². The highest BCUT2D eigenvalue weighted by Crippen LogP contribution is 2.26. The number of phenols is 2. The number of amides is 1. The molecule has 0 aliphatic heterocycles. The van der Waals surface area contributed by atoms with Crippen LogP contribution in [0.1, 0.15) is 37.0 Å². The van der Waals surface area contributed by atoms with E-state index in [1.165, 1.54) is 18.2 Å². The van der Waals surface area contributed by atoms with Crippen molar-refractivity contribution in [3.05, 3.63) is 23.8 Å². The first-order chi connectivity index (χ1) is 9.54. The van der Waals surface area contributed by atoms with Crippen LogP contribution in [0.5, 0.6) is 11.5 Å². The van der Waals surface area contributed by atoms with Crippen LogP contribution in [0.15, 0.2) is 18.2 Å². The van der Waals surface area contributed by atoms with Crippen molar-refractivity contribution in [2.24, 2.45) is 0 Å². The normalized spacial score (nSPS) is 10.8. The van der Waals surface area contributed by atoms with Crippen LogP contribution in [0.3, 0.4) is 0 Å². The van der Waals surface area contributed by atoms with Crippen molar-refractivity contribution in [1.29, 1.82) is 0 Å². The number of benzene rings is 1. The molecule has 5 nitrogen and oxygen atoms in total. The van der Waals surface area contributed by atoms with E-state index in [9.17, 15) is 15.0 Å². The predicted octanol–water partition coefficient (Wildman–Crippen LogP) is 2.38. The first kappa shape index (κ1) is 16.3. The zero-order valence-electron chi connectivity index (χ0n) is 12.3. The molecule has 0 heterocycles. The second-order valence-corrected chi connectivity index (χ2v) is 4.67. The number of carbonyl (C=O) groups is 1. The van der Waals surface area contributed by atoms with Crippen molar-refractivity contribution in [1.82, 2.24) is 4.90 Å². The Morgan fingerprint density at radius 3 is 2.40 bits per heavy atom. The first-order valence-electron chi connectivity index (χ1n) is 6.87. The van der Waals surface area contributed by atoms with Gasteiger partial charge in [0, 0.05) is 25.3 Å². The lowest BCUT2D eigenvalue weighted by molar-refractivity contribution is 0.0589. The highest BCUT2D eigenvalue weighted by molar-refractivity contribution is 5.95. The molecule has 0 aromatic heterocycles. The molecule has 5 heteroatoms. The van der Waals surface area contributed by atoms with Gasteiger partial charge in [-0.05, 0) is 31.0 Å². The van der Waals surface area contributed by atoms with Gasteiger partial charge in [0.2, 0.25) is 0 Å². The molecule has 0 unspecified atom stereocenters. The van der Waals surface area contributed by atoms with E-state index < -0.39 is 0 Å². The van der Waals surface area contributed by atoms with E-state index in [4.69, 9.17) is 4.74 Å². The van der Waals surface area contributed by atoms with Gasteiger partial charge in [-0.1, -0.05) is 13.8 Å². The second-order valence-electron chi connectivity index (χ2n) is 4.67. The minimum atomic E-state index is -0.285. The third kappa shape index (κ3) is 3.87. The second kappa shape index (κ2) is 7.75. The molecule has 0 fully saturated rings. The van der Waals surface area contributed by atoms with E-state index >= 15 is 0 Å². The summed E-state index contributed by atoms with van der Waals surface area (Å²) in [6, 6.07) is 4.26. The number of rotatable bonds is 7. The third-order valence-electron chi connectivity index (χ3n) is 3.40. The van der Waals surface area contributed by atoms with Crippen LogP contribution < -0.4 is 0 Å². The van der Waals surface area contributed by atoms with Gasteiger partial charge in [0.05, 0.1) is 6.61 Å². The number of phenolic OH excluding ortho intramolecular Hbond substituents is 2. The Labute approximate surface area is 119 Å². The Balaban J connectivity index is 2.99. The smallest absolute Gasteiger partial charge is 0.254 e. The monoisotopic (exact) mass is 281 g/mol. The van der Waals surface area contributed by atoms with Crippen LogP contribution >= 0.6 is 0 Å². The maximum absolute atomic E-state index is 12.6. The quantitative estimate of drug-likeness (QED) is 0.753. The molecule has 0 atom stereocenters. The molecule has 1 amide bonds. The van der Waals surface area contributed by atoms with Gasteiger partial charge >= 0.3 is 0 Å². The molecule has 0 aliphatic rings. The average molecular weight is 281 g/mol. The number of hydrogen-bond donors (Lipinski definition) is 2. The maximum Gasteiger partial charge on any atom is 0.254 e. The first-order valence-corrected chi connectivity index (χ1v) is 6.87. The summed E-state index contributed by atoms with van der Waals surface area (Å²) < 4.78 is 5.06. The molecule has 0 saturated carbocycles. The lowest BCUT2D eigenvalue weighted by atomic mass is 10.1. The van der Waals surface area contributed by atoms with Gasteiger partial charge in [0.15, 0.2) is 11.5 Å². The predicted molar refractivity (Wildman–Crippen MR) is 77.1 cm³/mol. The largest absolute Gasteiger partial charge is 0.504 e. The van der Waals surface area contributed by atoms with Crippen molar-refractivity contribution in [2.75, 3.05) is 20.3 Å². The van der Waals surface area contributed by atoms with E-state index in [0.29, 0.717) is 18.7 Å². The zero-order valence-corrected chi connectivity index (χ0v) is 12.3. The topological polar surface area (TPSA) is 70.0 Å². The summed E-state index contributed by atoms with van der Waals surface area (Å²) in [5, 5.41) is 18.8. The molecular formula is C15H23NO4. The Morgan fingerprint density at radius 1 is 1.25 bits per heavy atom. The fourth-order valence-electron chi connectivity index (χ4n) is 2.19. The van der Waals surface area contributed by atoms with Crippen LogP contribution in [0.25, 0.3) is 0 Å². The molecule has 0 aliphatic carbocycles. The zero-order chi connectivity index (χ0) is 15.1. The molecular weight excluding hydrogens is 258 g/mol. The summed E-state index contributed by atoms with van der Waals surface area (Å²) in [5.74, 6) is -0.675. The summed E-state index contributed by atoms with van der Waals surface area (Å²) >= 11 is 0. The summed E-state index contributed by atoms with van der Waals surface area (Å²) in [6.45, 7) is 5.04. The van der Waals surface area contributed by atoms with E-state index in [1.54, 1.807) is 12.0 Å². The van der Waals surface area contributed by atoms with Crippen LogP contribution in [0, 0.1) is 0 Å². The van der Waals surface area contributed by atoms with Gasteiger partial charge in [-0.2, -0.15) is 0 Å². The number of hydrogen-bond acceptors (Lipinski definition) is 4. The number of ether oxygens (including phenoxy) is 1. The van der Waals surface area contributed by atoms with Crippen LogP contribution in [0.4, 0.5) is 0 Å². The molecule has 20 heavy (non-hydrogen) atoms. The van der Waals surface area contributed by atoms with E-state index in [2.05, 4.69) is 0 Å². The van der Waals surface area contributed by atoms with Crippen molar-refractivity contribution >= 4 is 5.91 Å². The molecule has 1 aromatic rings. The Kier molecular flexibility index (Phi) is 6.31. The van der Waals surface area contributed by atoms with Crippen molar-refractivity contribution in [3.8, 4) is 11.5 Å². The molecule has 0 spiro atoms. The Hall–Kier alpha value is -1.75. The maximum atomic E-state index is 12.6. The fraction of sp³-hybridized carbons (Fsp3) is 0.533. The van der Waals surface area contributed by atoms with Crippen LogP contribution in [0.2, 0.25) is 0 Å². The standard InChI is InChI=1S/C15H23NO4/c1-4-12(5-2)16(8-9-20-3)15(19)11-6-7-13(17)14(18)10-11/h6-7,10,12,17-18H,4-5,8-9H2,1-3H3. The minimum absolute atomic E-state index is 0.133. The summed E-state index contributed by atoms with van der Waals surface area (Å²) in [5.41, 5.74) is 0.364. The highest BCUT2D eigenvalue weighted by Gasteiger charge is 2.22. The molecule has 112 valence electrons.